The summed E-state index contributed by atoms with van der Waals surface area (Å²) < 4.78 is 5.61. The molecule has 35 heavy (non-hydrogen) atoms. The maximum absolute atomic E-state index is 12.6. The lowest BCUT2D eigenvalue weighted by Gasteiger charge is -2.19. The van der Waals surface area contributed by atoms with E-state index in [0.29, 0.717) is 32.2 Å². The number of hydrogen-bond donors (Lipinski definition) is 3. The number of rotatable bonds is 9. The lowest BCUT2D eigenvalue weighted by molar-refractivity contribution is -0.142. The largest absolute Gasteiger partial charge is 0.480 e. The summed E-state index contributed by atoms with van der Waals surface area (Å²) in [5.74, 6) is -1.64. The third-order valence-corrected chi connectivity index (χ3v) is 6.95. The van der Waals surface area contributed by atoms with Crippen LogP contribution in [0.25, 0.3) is 11.1 Å². The van der Waals surface area contributed by atoms with Crippen molar-refractivity contribution in [2.24, 2.45) is 5.92 Å². The highest BCUT2D eigenvalue weighted by molar-refractivity contribution is 5.85. The summed E-state index contributed by atoms with van der Waals surface area (Å²) in [6.45, 7) is 0.802. The Morgan fingerprint density at radius 1 is 1.03 bits per heavy atom. The molecule has 0 saturated heterocycles. The zero-order valence-corrected chi connectivity index (χ0v) is 20.2. The molecule has 2 aromatic rings. The lowest BCUT2D eigenvalue weighted by Crippen LogP contribution is -2.45. The van der Waals surface area contributed by atoms with Crippen LogP contribution in [-0.2, 0) is 14.3 Å². The Morgan fingerprint density at radius 2 is 1.66 bits per heavy atom. The molecule has 1 fully saturated rings. The van der Waals surface area contributed by atoms with E-state index in [2.05, 4.69) is 34.9 Å². The third-order valence-electron chi connectivity index (χ3n) is 6.95. The van der Waals surface area contributed by atoms with Crippen LogP contribution in [-0.4, -0.2) is 67.3 Å². The maximum atomic E-state index is 12.6. The number of benzene rings is 2. The molecule has 3 atom stereocenters. The Labute approximate surface area is 205 Å². The highest BCUT2D eigenvalue weighted by Crippen LogP contribution is 2.44. The molecular formula is C27H33N3O5. The Kier molecular flexibility index (Phi) is 7.70. The number of carbonyl (C=O) groups is 3. The predicted octanol–water partition coefficient (Wildman–Crippen LogP) is 3.21. The molecule has 0 heterocycles. The molecule has 8 nitrogen and oxygen atoms in total. The van der Waals surface area contributed by atoms with Crippen molar-refractivity contribution >= 4 is 18.0 Å². The van der Waals surface area contributed by atoms with Gasteiger partial charge < -0.3 is 25.4 Å². The van der Waals surface area contributed by atoms with Gasteiger partial charge in [-0.15, -0.1) is 0 Å². The molecule has 186 valence electrons. The van der Waals surface area contributed by atoms with Crippen LogP contribution < -0.4 is 10.6 Å². The fourth-order valence-corrected chi connectivity index (χ4v) is 5.09. The van der Waals surface area contributed by atoms with Crippen molar-refractivity contribution < 1.29 is 24.2 Å². The van der Waals surface area contributed by atoms with Gasteiger partial charge in [0.05, 0.1) is 0 Å². The zero-order chi connectivity index (χ0) is 24.9. The van der Waals surface area contributed by atoms with Crippen LogP contribution in [0.3, 0.4) is 0 Å². The van der Waals surface area contributed by atoms with Gasteiger partial charge in [0.1, 0.15) is 12.6 Å². The molecular weight excluding hydrogens is 446 g/mol. The number of hydrogen-bond acceptors (Lipinski definition) is 5. The first-order valence-electron chi connectivity index (χ1n) is 12.1. The Hall–Kier alpha value is -3.39. The van der Waals surface area contributed by atoms with Crippen LogP contribution in [0.2, 0.25) is 0 Å². The number of alkyl carbamates (subject to hydrolysis) is 1. The van der Waals surface area contributed by atoms with Crippen LogP contribution in [0.5, 0.6) is 0 Å². The summed E-state index contributed by atoms with van der Waals surface area (Å²) in [7, 11) is 3.72. The van der Waals surface area contributed by atoms with Crippen LogP contribution in [0, 0.1) is 5.92 Å². The average Bonchev–Trinajstić information content (AvgIpc) is 3.43. The van der Waals surface area contributed by atoms with E-state index in [4.69, 9.17) is 4.74 Å². The highest BCUT2D eigenvalue weighted by Gasteiger charge is 2.34. The van der Waals surface area contributed by atoms with Crippen molar-refractivity contribution in [2.75, 3.05) is 27.2 Å². The van der Waals surface area contributed by atoms with Crippen LogP contribution in [0.4, 0.5) is 4.79 Å². The lowest BCUT2D eigenvalue weighted by atomic mass is 9.98. The van der Waals surface area contributed by atoms with Gasteiger partial charge >= 0.3 is 12.1 Å². The van der Waals surface area contributed by atoms with Crippen molar-refractivity contribution in [2.45, 2.75) is 43.7 Å². The second kappa shape index (κ2) is 10.9. The number of amides is 2. The van der Waals surface area contributed by atoms with Crippen LogP contribution in [0.15, 0.2) is 48.5 Å². The first-order valence-corrected chi connectivity index (χ1v) is 12.1. The molecule has 0 aliphatic heterocycles. The molecule has 4 rings (SSSR count). The molecule has 1 unspecified atom stereocenters. The van der Waals surface area contributed by atoms with Crippen molar-refractivity contribution in [3.05, 3.63) is 59.7 Å². The number of aliphatic carboxylic acids is 1. The molecule has 2 aromatic carbocycles. The van der Waals surface area contributed by atoms with E-state index in [1.165, 1.54) is 11.1 Å². The van der Waals surface area contributed by atoms with Crippen molar-refractivity contribution in [1.82, 2.24) is 15.5 Å². The minimum Gasteiger partial charge on any atom is -0.480 e. The summed E-state index contributed by atoms with van der Waals surface area (Å²) in [4.78, 5) is 38.6. The first-order chi connectivity index (χ1) is 16.8. The average molecular weight is 480 g/mol. The molecule has 2 aliphatic rings. The fraction of sp³-hybridized carbons (Fsp3) is 0.444. The van der Waals surface area contributed by atoms with E-state index in [1.54, 1.807) is 0 Å². The second-order valence-electron chi connectivity index (χ2n) is 9.67. The molecule has 0 bridgehead atoms. The number of nitrogens with one attached hydrogen (secondary N) is 2. The van der Waals surface area contributed by atoms with E-state index in [1.807, 2.05) is 43.3 Å². The number of carbonyl (C=O) groups excluding carboxylic acids is 2. The smallest absolute Gasteiger partial charge is 0.407 e. The van der Waals surface area contributed by atoms with E-state index in [9.17, 15) is 19.5 Å². The number of ether oxygens (including phenoxy) is 1. The monoisotopic (exact) mass is 479 g/mol. The molecule has 2 aliphatic carbocycles. The summed E-state index contributed by atoms with van der Waals surface area (Å²) in [5.41, 5.74) is 4.65. The van der Waals surface area contributed by atoms with Gasteiger partial charge in [-0.1, -0.05) is 48.5 Å². The van der Waals surface area contributed by atoms with Crippen molar-refractivity contribution in [1.29, 1.82) is 0 Å². The number of fused-ring (bicyclic) bond motifs is 3. The molecule has 2 amide bonds. The first kappa shape index (κ1) is 24.7. The molecule has 3 N–H and O–H groups in total. The predicted molar refractivity (Wildman–Crippen MR) is 132 cm³/mol. The van der Waals surface area contributed by atoms with Gasteiger partial charge in [-0.25, -0.2) is 9.59 Å². The van der Waals surface area contributed by atoms with Gasteiger partial charge in [0.2, 0.25) is 5.91 Å². The van der Waals surface area contributed by atoms with Crippen molar-refractivity contribution in [3.8, 4) is 11.1 Å². The normalized spacial score (nSPS) is 19.6. The molecule has 1 saturated carbocycles. The summed E-state index contributed by atoms with van der Waals surface area (Å²) in [6, 6.07) is 15.3. The Balaban J connectivity index is 1.27. The van der Waals surface area contributed by atoms with Gasteiger partial charge in [0.25, 0.3) is 0 Å². The summed E-state index contributed by atoms with van der Waals surface area (Å²) in [5, 5.41) is 15.0. The molecule has 8 heteroatoms. The SMILES string of the molecule is CN(C)CCC(NC(=O)[C@@H]1CC[C@H](NC(=O)OCC2c3ccccc3-c3ccccc32)C1)C(=O)O. The third kappa shape index (κ3) is 5.82. The minimum absolute atomic E-state index is 0.00891. The molecule has 0 radical (unpaired) electrons. The summed E-state index contributed by atoms with van der Waals surface area (Å²) >= 11 is 0. The zero-order valence-electron chi connectivity index (χ0n) is 20.2. The number of carboxylic acids is 1. The van der Waals surface area contributed by atoms with E-state index in [0.717, 1.165) is 11.1 Å². The Bertz CT molecular complexity index is 1040. The Morgan fingerprint density at radius 3 is 2.26 bits per heavy atom. The van der Waals surface area contributed by atoms with Gasteiger partial charge in [-0.05, 0) is 62.0 Å². The second-order valence-corrected chi connectivity index (χ2v) is 9.67. The van der Waals surface area contributed by atoms with E-state index < -0.39 is 18.1 Å². The maximum Gasteiger partial charge on any atom is 0.407 e. The fourth-order valence-electron chi connectivity index (χ4n) is 5.09. The molecule has 0 spiro atoms. The van der Waals surface area contributed by atoms with Crippen LogP contribution >= 0.6 is 0 Å². The number of carboxylic acid groups (broad SMARTS) is 1. The highest BCUT2D eigenvalue weighted by atomic mass is 16.5. The van der Waals surface area contributed by atoms with E-state index in [-0.39, 0.29) is 30.4 Å². The van der Waals surface area contributed by atoms with Gasteiger partial charge in [-0.3, -0.25) is 4.79 Å². The van der Waals surface area contributed by atoms with Gasteiger partial charge in [-0.2, -0.15) is 0 Å². The minimum atomic E-state index is -1.04. The van der Waals surface area contributed by atoms with E-state index >= 15 is 0 Å². The quantitative estimate of drug-likeness (QED) is 0.510. The molecule has 0 aromatic heterocycles. The number of nitrogens with zero attached hydrogens (tertiary/aromatic N) is 1. The standard InChI is InChI=1S/C27H33N3O5/c1-30(2)14-13-24(26(32)33)29-25(31)17-11-12-18(15-17)28-27(34)35-16-23-21-9-5-3-7-19(21)20-8-4-6-10-22(20)23/h3-10,17-18,23-24H,11-16H2,1-2H3,(H,28,34)(H,29,31)(H,32,33)/t17-,18+,24?/m1/s1. The van der Waals surface area contributed by atoms with Crippen molar-refractivity contribution in [3.63, 3.8) is 0 Å². The summed E-state index contributed by atoms with van der Waals surface area (Å²) in [6.07, 6.45) is 1.56. The van der Waals surface area contributed by atoms with Crippen LogP contribution in [0.1, 0.15) is 42.7 Å². The van der Waals surface area contributed by atoms with Gasteiger partial charge in [0.15, 0.2) is 0 Å². The topological polar surface area (TPSA) is 108 Å². The van der Waals surface area contributed by atoms with Gasteiger partial charge in [0, 0.05) is 24.4 Å².